The summed E-state index contributed by atoms with van der Waals surface area (Å²) in [5.41, 5.74) is 1.46. The van der Waals surface area contributed by atoms with E-state index in [2.05, 4.69) is 17.1 Å². The number of aliphatic hydroxyl groups is 1. The van der Waals surface area contributed by atoms with E-state index >= 15 is 0 Å². The predicted octanol–water partition coefficient (Wildman–Crippen LogP) is 3.88. The van der Waals surface area contributed by atoms with Crippen molar-refractivity contribution in [3.63, 3.8) is 0 Å². The lowest BCUT2D eigenvalue weighted by Crippen LogP contribution is -2.39. The van der Waals surface area contributed by atoms with E-state index in [-0.39, 0.29) is 0 Å². The fourth-order valence-corrected chi connectivity index (χ4v) is 5.75. The molecule has 2 aromatic rings. The molecule has 2 heteroatoms. The number of rotatable bonds is 1. The Balaban J connectivity index is 1.59. The van der Waals surface area contributed by atoms with Crippen LogP contribution in [0.1, 0.15) is 37.7 Å². The van der Waals surface area contributed by atoms with Crippen LogP contribution in [0.15, 0.2) is 36.5 Å². The van der Waals surface area contributed by atoms with E-state index in [1.807, 2.05) is 24.4 Å². The van der Waals surface area contributed by atoms with E-state index in [1.54, 1.807) is 0 Å². The molecule has 3 aliphatic rings. The Morgan fingerprint density at radius 1 is 1.14 bits per heavy atom. The maximum absolute atomic E-state index is 11.4. The lowest BCUT2D eigenvalue weighted by atomic mass is 9.70. The zero-order valence-corrected chi connectivity index (χ0v) is 12.2. The first kappa shape index (κ1) is 12.2. The topological polar surface area (TPSA) is 33.1 Å². The van der Waals surface area contributed by atoms with Crippen molar-refractivity contribution in [3.8, 4) is 0 Å². The van der Waals surface area contributed by atoms with Crippen LogP contribution in [0, 0.1) is 23.7 Å². The van der Waals surface area contributed by atoms with Crippen LogP contribution in [-0.2, 0) is 5.60 Å². The van der Waals surface area contributed by atoms with Gasteiger partial charge in [0.05, 0.1) is 11.1 Å². The van der Waals surface area contributed by atoms with Gasteiger partial charge in [0.1, 0.15) is 0 Å². The van der Waals surface area contributed by atoms with Gasteiger partial charge in [-0.2, -0.15) is 0 Å². The molecule has 2 bridgehead atoms. The molecule has 108 valence electrons. The summed E-state index contributed by atoms with van der Waals surface area (Å²) in [7, 11) is 0. The van der Waals surface area contributed by atoms with Crippen molar-refractivity contribution in [1.82, 2.24) is 4.98 Å². The first-order valence-electron chi connectivity index (χ1n) is 8.33. The molecule has 2 nitrogen and oxygen atoms in total. The standard InChI is InChI=1S/C19H21NO/c21-19(10-13-9-17(19)16-6-3-5-15(13)16)14-8-12-4-1-2-7-18(12)20-11-14/h1-2,4,7-8,11,13,15-17,21H,3,5-6,9-10H2. The molecule has 1 aromatic heterocycles. The van der Waals surface area contributed by atoms with Crippen LogP contribution < -0.4 is 0 Å². The summed E-state index contributed by atoms with van der Waals surface area (Å²) >= 11 is 0. The molecule has 1 N–H and O–H groups in total. The van der Waals surface area contributed by atoms with E-state index in [4.69, 9.17) is 0 Å². The van der Waals surface area contributed by atoms with Crippen molar-refractivity contribution in [2.75, 3.05) is 0 Å². The molecule has 0 amide bonds. The number of fused-ring (bicyclic) bond motifs is 6. The summed E-state index contributed by atoms with van der Waals surface area (Å²) in [6, 6.07) is 10.4. The third-order valence-electron chi connectivity index (χ3n) is 6.58. The van der Waals surface area contributed by atoms with Crippen LogP contribution >= 0.6 is 0 Å². The molecule has 3 aliphatic carbocycles. The number of pyridine rings is 1. The summed E-state index contributed by atoms with van der Waals surface area (Å²) in [4.78, 5) is 4.58. The van der Waals surface area contributed by atoms with Crippen LogP contribution in [0.25, 0.3) is 10.9 Å². The SMILES string of the molecule is OC1(c2cnc3ccccc3c2)CC2CC1C1CCCC21. The predicted molar refractivity (Wildman–Crippen MR) is 82.7 cm³/mol. The first-order valence-corrected chi connectivity index (χ1v) is 8.33. The van der Waals surface area contributed by atoms with E-state index in [0.717, 1.165) is 40.6 Å². The van der Waals surface area contributed by atoms with E-state index in [0.29, 0.717) is 5.92 Å². The van der Waals surface area contributed by atoms with Gasteiger partial charge in [-0.1, -0.05) is 24.6 Å². The molecule has 5 rings (SSSR count). The molecular formula is C19H21NO. The number of benzene rings is 1. The second-order valence-electron chi connectivity index (χ2n) is 7.41. The van der Waals surface area contributed by atoms with Crippen molar-refractivity contribution in [2.24, 2.45) is 23.7 Å². The van der Waals surface area contributed by atoms with Gasteiger partial charge in [-0.05, 0) is 61.5 Å². The Morgan fingerprint density at radius 2 is 2.00 bits per heavy atom. The molecular weight excluding hydrogens is 258 g/mol. The van der Waals surface area contributed by atoms with Gasteiger partial charge in [-0.15, -0.1) is 0 Å². The minimum Gasteiger partial charge on any atom is -0.385 e. The minimum absolute atomic E-state index is 0.470. The average Bonchev–Trinajstić information content (AvgIpc) is 3.18. The van der Waals surface area contributed by atoms with Crippen molar-refractivity contribution < 1.29 is 5.11 Å². The van der Waals surface area contributed by atoms with Gasteiger partial charge < -0.3 is 5.11 Å². The van der Waals surface area contributed by atoms with Crippen LogP contribution in [0.4, 0.5) is 0 Å². The highest BCUT2D eigenvalue weighted by atomic mass is 16.3. The average molecular weight is 279 g/mol. The fourth-order valence-electron chi connectivity index (χ4n) is 5.75. The molecule has 1 heterocycles. The number of nitrogens with zero attached hydrogens (tertiary/aromatic N) is 1. The van der Waals surface area contributed by atoms with Crippen LogP contribution in [0.2, 0.25) is 0 Å². The van der Waals surface area contributed by atoms with Gasteiger partial charge in [-0.3, -0.25) is 4.98 Å². The molecule has 3 fully saturated rings. The van der Waals surface area contributed by atoms with Crippen LogP contribution in [0.5, 0.6) is 0 Å². The lowest BCUT2D eigenvalue weighted by molar-refractivity contribution is -0.0513. The van der Waals surface area contributed by atoms with Gasteiger partial charge in [0, 0.05) is 17.1 Å². The third-order valence-corrected chi connectivity index (χ3v) is 6.58. The van der Waals surface area contributed by atoms with Gasteiger partial charge in [0.15, 0.2) is 0 Å². The highest BCUT2D eigenvalue weighted by molar-refractivity contribution is 5.79. The zero-order chi connectivity index (χ0) is 14.0. The van der Waals surface area contributed by atoms with Crippen molar-refractivity contribution >= 4 is 10.9 Å². The van der Waals surface area contributed by atoms with E-state index in [1.165, 1.54) is 25.7 Å². The molecule has 21 heavy (non-hydrogen) atoms. The van der Waals surface area contributed by atoms with Crippen LogP contribution in [-0.4, -0.2) is 10.1 Å². The number of para-hydroxylation sites is 1. The second kappa shape index (κ2) is 4.07. The molecule has 0 spiro atoms. The van der Waals surface area contributed by atoms with Crippen molar-refractivity contribution in [3.05, 3.63) is 42.1 Å². The van der Waals surface area contributed by atoms with Crippen LogP contribution in [0.3, 0.4) is 0 Å². The highest BCUT2D eigenvalue weighted by Crippen LogP contribution is 2.65. The lowest BCUT2D eigenvalue weighted by Gasteiger charge is -2.39. The van der Waals surface area contributed by atoms with Gasteiger partial charge in [-0.25, -0.2) is 0 Å². The third kappa shape index (κ3) is 1.54. The molecule has 5 unspecified atom stereocenters. The minimum atomic E-state index is -0.618. The Kier molecular flexibility index (Phi) is 2.36. The summed E-state index contributed by atoms with van der Waals surface area (Å²) in [6.45, 7) is 0. The summed E-state index contributed by atoms with van der Waals surface area (Å²) in [5, 5.41) is 12.6. The smallest absolute Gasteiger partial charge is 0.0945 e. The normalized spacial score (nSPS) is 40.8. The quantitative estimate of drug-likeness (QED) is 0.859. The number of hydrogen-bond donors (Lipinski definition) is 1. The zero-order valence-electron chi connectivity index (χ0n) is 12.2. The number of hydrogen-bond acceptors (Lipinski definition) is 2. The maximum Gasteiger partial charge on any atom is 0.0945 e. The first-order chi connectivity index (χ1) is 10.3. The Labute approximate surface area is 125 Å². The molecule has 0 saturated heterocycles. The monoisotopic (exact) mass is 279 g/mol. The Morgan fingerprint density at radius 3 is 2.95 bits per heavy atom. The Bertz CT molecular complexity index is 712. The van der Waals surface area contributed by atoms with E-state index < -0.39 is 5.60 Å². The molecule has 0 aliphatic heterocycles. The van der Waals surface area contributed by atoms with Gasteiger partial charge in [0.25, 0.3) is 0 Å². The fraction of sp³-hybridized carbons (Fsp3) is 0.526. The van der Waals surface area contributed by atoms with E-state index in [9.17, 15) is 5.11 Å². The molecule has 0 radical (unpaired) electrons. The van der Waals surface area contributed by atoms with Gasteiger partial charge in [0.2, 0.25) is 0 Å². The van der Waals surface area contributed by atoms with Gasteiger partial charge >= 0.3 is 0 Å². The highest BCUT2D eigenvalue weighted by Gasteiger charge is 2.60. The molecule has 3 saturated carbocycles. The largest absolute Gasteiger partial charge is 0.385 e. The molecule has 5 atom stereocenters. The summed E-state index contributed by atoms with van der Waals surface area (Å²) < 4.78 is 0. The summed E-state index contributed by atoms with van der Waals surface area (Å²) in [6.07, 6.45) is 8.21. The second-order valence-corrected chi connectivity index (χ2v) is 7.41. The summed E-state index contributed by atoms with van der Waals surface area (Å²) in [5.74, 6) is 2.89. The van der Waals surface area contributed by atoms with Crippen molar-refractivity contribution in [1.29, 1.82) is 0 Å². The number of aromatic nitrogens is 1. The van der Waals surface area contributed by atoms with Crippen molar-refractivity contribution in [2.45, 2.75) is 37.7 Å². The molecule has 1 aromatic carbocycles. The maximum atomic E-state index is 11.4. The Hall–Kier alpha value is -1.41.